The van der Waals surface area contributed by atoms with Crippen molar-refractivity contribution in [2.24, 2.45) is 0 Å². The highest BCUT2D eigenvalue weighted by Gasteiger charge is 2.24. The lowest BCUT2D eigenvalue weighted by Crippen LogP contribution is -2.64. The quantitative estimate of drug-likeness (QED) is 0.647. The first kappa shape index (κ1) is 15.6. The first-order valence-electron chi connectivity index (χ1n) is 8.41. The smallest absolute Gasteiger partial charge is 0.0787 e. The van der Waals surface area contributed by atoms with Crippen molar-refractivity contribution in [3.05, 3.63) is 89.5 Å². The molecule has 0 aliphatic rings. The summed E-state index contributed by atoms with van der Waals surface area (Å²) in [5, 5.41) is 0. The number of rotatable bonds is 3. The molecule has 0 saturated carbocycles. The Labute approximate surface area is 140 Å². The molecule has 0 spiro atoms. The Bertz CT molecular complexity index is 670. The van der Waals surface area contributed by atoms with Crippen LogP contribution in [-0.2, 0) is 0 Å². The molecule has 0 aliphatic heterocycles. The summed E-state index contributed by atoms with van der Waals surface area (Å²) in [4.78, 5) is 0. The lowest BCUT2D eigenvalue weighted by molar-refractivity contribution is 1.47. The predicted molar refractivity (Wildman–Crippen MR) is 104 cm³/mol. The van der Waals surface area contributed by atoms with Gasteiger partial charge in [-0.15, -0.1) is 0 Å². The van der Waals surface area contributed by atoms with E-state index in [4.69, 9.17) is 0 Å². The second kappa shape index (κ2) is 6.08. The molecule has 1 heteroatoms. The maximum absolute atomic E-state index is 2.39. The van der Waals surface area contributed by atoms with E-state index in [9.17, 15) is 0 Å². The Hall–Kier alpha value is -2.28. The van der Waals surface area contributed by atoms with Gasteiger partial charge in [0.15, 0.2) is 0 Å². The molecule has 0 saturated heterocycles. The van der Waals surface area contributed by atoms with Gasteiger partial charge < -0.3 is 0 Å². The average molecular weight is 299 g/mol. The van der Waals surface area contributed by atoms with Crippen molar-refractivity contribution in [1.29, 1.82) is 0 Å². The maximum atomic E-state index is 2.39. The molecule has 0 radical (unpaired) electrons. The molecule has 0 bridgehead atoms. The van der Waals surface area contributed by atoms with Gasteiger partial charge in [0, 0.05) is 0 Å². The Morgan fingerprint density at radius 3 is 0.870 bits per heavy atom. The summed E-state index contributed by atoms with van der Waals surface area (Å²) in [6.07, 6.45) is -0.955. The second-order valence-electron chi connectivity index (χ2n) is 7.03. The van der Waals surface area contributed by atoms with E-state index in [1.165, 1.54) is 33.1 Å². The van der Waals surface area contributed by atoms with Crippen LogP contribution in [0.2, 0.25) is 6.82 Å². The zero-order valence-electron chi connectivity index (χ0n) is 14.5. The van der Waals surface area contributed by atoms with Crippen molar-refractivity contribution < 1.29 is 0 Å². The van der Waals surface area contributed by atoms with E-state index < -0.39 is 6.15 Å². The monoisotopic (exact) mass is 299 g/mol. The maximum Gasteiger partial charge on any atom is 0.0787 e. The van der Waals surface area contributed by atoms with Gasteiger partial charge in [0.25, 0.3) is 0 Å². The van der Waals surface area contributed by atoms with E-state index in [1.54, 1.807) is 0 Å². The van der Waals surface area contributed by atoms with E-state index in [-0.39, 0.29) is 0 Å². The van der Waals surface area contributed by atoms with Crippen LogP contribution < -0.4 is 16.4 Å². The summed E-state index contributed by atoms with van der Waals surface area (Å²) in [6.45, 7) is 8.82. The molecule has 0 amide bonds. The SMILES string of the molecule is Cc1ccc([B-](C)(c2ccc(C)cc2)c2ccc(C)cc2)cc1. The van der Waals surface area contributed by atoms with Crippen molar-refractivity contribution >= 4 is 22.5 Å². The molecule has 0 aromatic heterocycles. The number of hydrogen-bond acceptors (Lipinski definition) is 0. The van der Waals surface area contributed by atoms with Gasteiger partial charge in [-0.2, -0.15) is 6.82 Å². The van der Waals surface area contributed by atoms with E-state index in [0.717, 1.165) is 0 Å². The van der Waals surface area contributed by atoms with Gasteiger partial charge in [0.2, 0.25) is 0 Å². The fraction of sp³-hybridized carbons (Fsp3) is 0.182. The third kappa shape index (κ3) is 2.96. The van der Waals surface area contributed by atoms with Gasteiger partial charge in [-0.3, -0.25) is 0 Å². The van der Waals surface area contributed by atoms with Crippen LogP contribution in [-0.4, -0.2) is 6.15 Å². The van der Waals surface area contributed by atoms with Gasteiger partial charge in [0.1, 0.15) is 0 Å². The normalized spacial score (nSPS) is 11.5. The summed E-state index contributed by atoms with van der Waals surface area (Å²) in [6, 6.07) is 27.0. The van der Waals surface area contributed by atoms with Gasteiger partial charge >= 0.3 is 0 Å². The number of hydrogen-bond donors (Lipinski definition) is 0. The summed E-state index contributed by atoms with van der Waals surface area (Å²) >= 11 is 0. The summed E-state index contributed by atoms with van der Waals surface area (Å²) in [5.41, 5.74) is 8.09. The van der Waals surface area contributed by atoms with Gasteiger partial charge in [-0.05, 0) is 20.8 Å². The Kier molecular flexibility index (Phi) is 4.13. The van der Waals surface area contributed by atoms with Crippen LogP contribution in [0.15, 0.2) is 72.8 Å². The zero-order valence-corrected chi connectivity index (χ0v) is 14.5. The molecule has 23 heavy (non-hydrogen) atoms. The third-order valence-electron chi connectivity index (χ3n) is 5.23. The molecule has 0 unspecified atom stereocenters. The van der Waals surface area contributed by atoms with Gasteiger partial charge in [-0.1, -0.05) is 89.5 Å². The molecule has 3 aromatic rings. The topological polar surface area (TPSA) is 0 Å². The van der Waals surface area contributed by atoms with E-state index in [1.807, 2.05) is 0 Å². The highest BCUT2D eigenvalue weighted by Crippen LogP contribution is 2.10. The Morgan fingerprint density at radius 1 is 0.435 bits per heavy atom. The highest BCUT2D eigenvalue weighted by atomic mass is 14.0. The predicted octanol–water partition coefficient (Wildman–Crippen LogP) is 3.71. The molecule has 0 heterocycles. The van der Waals surface area contributed by atoms with E-state index in [2.05, 4.69) is 100 Å². The van der Waals surface area contributed by atoms with Crippen LogP contribution >= 0.6 is 0 Å². The zero-order chi connectivity index (χ0) is 16.4. The molecule has 3 aromatic carbocycles. The van der Waals surface area contributed by atoms with E-state index in [0.29, 0.717) is 0 Å². The first-order chi connectivity index (χ1) is 11.0. The molecular weight excluding hydrogens is 275 g/mol. The van der Waals surface area contributed by atoms with Crippen LogP contribution in [0, 0.1) is 20.8 Å². The summed E-state index contributed by atoms with van der Waals surface area (Å²) in [5.74, 6) is 0. The Balaban J connectivity index is 2.21. The van der Waals surface area contributed by atoms with Crippen LogP contribution in [0.4, 0.5) is 0 Å². The third-order valence-corrected chi connectivity index (χ3v) is 5.23. The molecule has 0 atom stereocenters. The molecule has 0 fully saturated rings. The average Bonchev–Trinajstić information content (AvgIpc) is 2.56. The van der Waals surface area contributed by atoms with Crippen molar-refractivity contribution in [3.63, 3.8) is 0 Å². The standard InChI is InChI=1S/C22H24B/c1-17-5-11-20(12-6-17)23(4,21-13-7-18(2)8-14-21)22-15-9-19(3)10-16-22/h5-16H,1-4H3/q-1. The Morgan fingerprint density at radius 2 is 0.652 bits per heavy atom. The molecule has 0 nitrogen and oxygen atoms in total. The minimum atomic E-state index is -0.955. The van der Waals surface area contributed by atoms with Crippen LogP contribution in [0.25, 0.3) is 0 Å². The second-order valence-corrected chi connectivity index (χ2v) is 7.03. The lowest BCUT2D eigenvalue weighted by Gasteiger charge is -2.39. The molecular formula is C22H24B-. The molecule has 3 rings (SSSR count). The molecule has 116 valence electrons. The number of aryl methyl sites for hydroxylation is 3. The molecule has 0 N–H and O–H groups in total. The summed E-state index contributed by atoms with van der Waals surface area (Å²) in [7, 11) is 0. The van der Waals surface area contributed by atoms with Crippen LogP contribution in [0.1, 0.15) is 16.7 Å². The van der Waals surface area contributed by atoms with Crippen molar-refractivity contribution in [2.45, 2.75) is 27.6 Å². The molecule has 0 aliphatic carbocycles. The van der Waals surface area contributed by atoms with Crippen molar-refractivity contribution in [3.8, 4) is 0 Å². The summed E-state index contributed by atoms with van der Waals surface area (Å²) < 4.78 is 0. The van der Waals surface area contributed by atoms with Crippen molar-refractivity contribution in [2.75, 3.05) is 0 Å². The largest absolute Gasteiger partial charge is 0.200 e. The van der Waals surface area contributed by atoms with Gasteiger partial charge in [-0.25, -0.2) is 16.4 Å². The van der Waals surface area contributed by atoms with Crippen molar-refractivity contribution in [1.82, 2.24) is 0 Å². The lowest BCUT2D eigenvalue weighted by atomic mass is 9.17. The van der Waals surface area contributed by atoms with Crippen LogP contribution in [0.5, 0.6) is 0 Å². The minimum Gasteiger partial charge on any atom is -0.200 e. The first-order valence-corrected chi connectivity index (χ1v) is 8.41. The highest BCUT2D eigenvalue weighted by molar-refractivity contribution is 7.10. The minimum absolute atomic E-state index is 0.955. The van der Waals surface area contributed by atoms with Gasteiger partial charge in [0.05, 0.1) is 6.15 Å². The van der Waals surface area contributed by atoms with Crippen LogP contribution in [0.3, 0.4) is 0 Å². The number of benzene rings is 3. The fourth-order valence-electron chi connectivity index (χ4n) is 3.43. The fourth-order valence-corrected chi connectivity index (χ4v) is 3.43. The van der Waals surface area contributed by atoms with E-state index >= 15 is 0 Å².